The Morgan fingerprint density at radius 3 is 2.90 bits per heavy atom. The maximum Gasteiger partial charge on any atom is 0.322 e. The van der Waals surface area contributed by atoms with Crippen LogP contribution in [0.1, 0.15) is 25.7 Å². The second kappa shape index (κ2) is 6.83. The van der Waals surface area contributed by atoms with Gasteiger partial charge in [0.15, 0.2) is 0 Å². The molecule has 4 N–H and O–H groups in total. The van der Waals surface area contributed by atoms with Crippen molar-refractivity contribution >= 4 is 29.7 Å². The van der Waals surface area contributed by atoms with Crippen LogP contribution in [-0.4, -0.2) is 52.6 Å². The molecule has 7 nitrogen and oxygen atoms in total. The van der Waals surface area contributed by atoms with Crippen LogP contribution in [-0.2, 0) is 9.59 Å². The standard InChI is InChI=1S/C12H19N3O4S/c16-9(13-5-10(17)18)4-2-1-3-8-11-7(6-20-8)14-12(19)15-11/h7-8,11H,1-6H2,(H,13,16)(H,17,18)(H2,14,15,19)/t7-,8-,11+/m0/s1. The van der Waals surface area contributed by atoms with Crippen LogP contribution < -0.4 is 16.0 Å². The summed E-state index contributed by atoms with van der Waals surface area (Å²) in [4.78, 5) is 32.8. The van der Waals surface area contributed by atoms with Gasteiger partial charge in [-0.05, 0) is 12.8 Å². The first-order valence-corrected chi connectivity index (χ1v) is 7.78. The normalized spacial score (nSPS) is 27.6. The zero-order valence-corrected chi connectivity index (χ0v) is 11.9. The average molecular weight is 301 g/mol. The van der Waals surface area contributed by atoms with Crippen molar-refractivity contribution in [3.05, 3.63) is 0 Å². The number of rotatable bonds is 7. The first kappa shape index (κ1) is 15.0. The van der Waals surface area contributed by atoms with E-state index in [1.54, 1.807) is 0 Å². The van der Waals surface area contributed by atoms with E-state index < -0.39 is 5.97 Å². The van der Waals surface area contributed by atoms with Crippen molar-refractivity contribution in [2.75, 3.05) is 12.3 Å². The van der Waals surface area contributed by atoms with Gasteiger partial charge in [-0.2, -0.15) is 11.8 Å². The SMILES string of the molecule is O=C(O)CNC(=O)CCCC[C@@H]1SC[C@@H]2NC(=O)N[C@H]21. The van der Waals surface area contributed by atoms with Crippen molar-refractivity contribution in [3.63, 3.8) is 0 Å². The van der Waals surface area contributed by atoms with E-state index in [0.29, 0.717) is 11.7 Å². The summed E-state index contributed by atoms with van der Waals surface area (Å²) in [6.45, 7) is -0.321. The fraction of sp³-hybridized carbons (Fsp3) is 0.750. The number of hydrogen-bond acceptors (Lipinski definition) is 4. The second-order valence-corrected chi connectivity index (χ2v) is 6.31. The van der Waals surface area contributed by atoms with Gasteiger partial charge in [-0.25, -0.2) is 4.79 Å². The zero-order chi connectivity index (χ0) is 14.5. The van der Waals surface area contributed by atoms with Crippen molar-refractivity contribution in [3.8, 4) is 0 Å². The number of carboxylic acids is 1. The average Bonchev–Trinajstić information content (AvgIpc) is 2.92. The van der Waals surface area contributed by atoms with E-state index in [-0.39, 0.29) is 30.6 Å². The van der Waals surface area contributed by atoms with Gasteiger partial charge in [-0.15, -0.1) is 0 Å². The highest BCUT2D eigenvalue weighted by atomic mass is 32.2. The molecule has 0 aliphatic carbocycles. The number of urea groups is 1. The summed E-state index contributed by atoms with van der Waals surface area (Å²) in [6, 6.07) is 0.350. The molecule has 3 atom stereocenters. The maximum absolute atomic E-state index is 11.3. The van der Waals surface area contributed by atoms with Crippen LogP contribution in [0.25, 0.3) is 0 Å². The number of aliphatic carboxylic acids is 1. The smallest absolute Gasteiger partial charge is 0.322 e. The molecule has 0 unspecified atom stereocenters. The van der Waals surface area contributed by atoms with Crippen LogP contribution in [0.3, 0.4) is 0 Å². The van der Waals surface area contributed by atoms with Crippen LogP contribution in [0.2, 0.25) is 0 Å². The van der Waals surface area contributed by atoms with Crippen molar-refractivity contribution in [2.24, 2.45) is 0 Å². The molecule has 2 saturated heterocycles. The Morgan fingerprint density at radius 1 is 1.35 bits per heavy atom. The number of carboxylic acid groups (broad SMARTS) is 1. The molecule has 0 aromatic carbocycles. The first-order valence-electron chi connectivity index (χ1n) is 6.73. The van der Waals surface area contributed by atoms with E-state index in [1.807, 2.05) is 11.8 Å². The first-order chi connectivity index (χ1) is 9.56. The second-order valence-electron chi connectivity index (χ2n) is 5.04. The van der Waals surface area contributed by atoms with E-state index >= 15 is 0 Å². The number of hydrogen-bond donors (Lipinski definition) is 4. The predicted molar refractivity (Wildman–Crippen MR) is 74.6 cm³/mol. The van der Waals surface area contributed by atoms with Gasteiger partial charge in [0.05, 0.1) is 12.1 Å². The van der Waals surface area contributed by atoms with Crippen LogP contribution in [0, 0.1) is 0 Å². The minimum atomic E-state index is -1.03. The Kier molecular flexibility index (Phi) is 5.11. The van der Waals surface area contributed by atoms with E-state index in [0.717, 1.165) is 25.0 Å². The van der Waals surface area contributed by atoms with Gasteiger partial charge in [-0.3, -0.25) is 9.59 Å². The lowest BCUT2D eigenvalue weighted by Crippen LogP contribution is -2.36. The number of fused-ring (bicyclic) bond motifs is 1. The molecule has 20 heavy (non-hydrogen) atoms. The third-order valence-corrected chi connectivity index (χ3v) is 5.03. The van der Waals surface area contributed by atoms with Crippen molar-refractivity contribution in [2.45, 2.75) is 43.0 Å². The number of carbonyl (C=O) groups excluding carboxylic acids is 2. The number of amides is 3. The van der Waals surface area contributed by atoms with Gasteiger partial charge in [-0.1, -0.05) is 6.42 Å². The molecule has 0 bridgehead atoms. The summed E-state index contributed by atoms with van der Waals surface area (Å²) >= 11 is 1.85. The van der Waals surface area contributed by atoms with Crippen molar-refractivity contribution in [1.82, 2.24) is 16.0 Å². The Morgan fingerprint density at radius 2 is 2.15 bits per heavy atom. The Balaban J connectivity index is 1.58. The topological polar surface area (TPSA) is 108 Å². The number of nitrogens with one attached hydrogen (secondary N) is 3. The summed E-state index contributed by atoms with van der Waals surface area (Å²) in [6.07, 6.45) is 2.95. The predicted octanol–water partition coefficient (Wildman–Crippen LogP) is -0.0870. The molecule has 0 saturated carbocycles. The largest absolute Gasteiger partial charge is 0.480 e. The monoisotopic (exact) mass is 301 g/mol. The molecule has 0 aromatic rings. The molecule has 0 spiro atoms. The van der Waals surface area contributed by atoms with Crippen molar-refractivity contribution in [1.29, 1.82) is 0 Å². The quantitative estimate of drug-likeness (QED) is 0.388. The molecule has 2 heterocycles. The van der Waals surface area contributed by atoms with Gasteiger partial charge in [0.2, 0.25) is 5.91 Å². The van der Waals surface area contributed by atoms with E-state index in [9.17, 15) is 14.4 Å². The highest BCUT2D eigenvalue weighted by molar-refractivity contribution is 8.00. The van der Waals surface area contributed by atoms with Gasteiger partial charge in [0.1, 0.15) is 6.54 Å². The van der Waals surface area contributed by atoms with Crippen LogP contribution in [0.15, 0.2) is 0 Å². The summed E-state index contributed by atoms with van der Waals surface area (Å²) < 4.78 is 0. The Labute approximate surface area is 121 Å². The fourth-order valence-electron chi connectivity index (χ4n) is 2.54. The zero-order valence-electron chi connectivity index (χ0n) is 11.1. The molecule has 3 amide bonds. The minimum Gasteiger partial charge on any atom is -0.480 e. The summed E-state index contributed by atoms with van der Waals surface area (Å²) in [5.41, 5.74) is 0. The summed E-state index contributed by atoms with van der Waals surface area (Å²) in [7, 11) is 0. The van der Waals surface area contributed by atoms with Gasteiger partial charge >= 0.3 is 12.0 Å². The highest BCUT2D eigenvalue weighted by Crippen LogP contribution is 2.33. The van der Waals surface area contributed by atoms with Crippen LogP contribution in [0.4, 0.5) is 4.79 Å². The summed E-state index contributed by atoms with van der Waals surface area (Å²) in [5, 5.41) is 17.0. The third-order valence-electron chi connectivity index (χ3n) is 3.52. The van der Waals surface area contributed by atoms with Crippen molar-refractivity contribution < 1.29 is 19.5 Å². The lowest BCUT2D eigenvalue weighted by Gasteiger charge is -2.16. The van der Waals surface area contributed by atoms with Crippen LogP contribution in [0.5, 0.6) is 0 Å². The Bertz CT molecular complexity index is 404. The van der Waals surface area contributed by atoms with Crippen LogP contribution >= 0.6 is 11.8 Å². The lowest BCUT2D eigenvalue weighted by atomic mass is 10.0. The molecule has 2 fully saturated rings. The Hall–Kier alpha value is -1.44. The molecule has 0 aromatic heterocycles. The molecule has 2 rings (SSSR count). The van der Waals surface area contributed by atoms with Gasteiger partial charge in [0, 0.05) is 17.4 Å². The molecular formula is C12H19N3O4S. The number of unbranched alkanes of at least 4 members (excludes halogenated alkanes) is 1. The third kappa shape index (κ3) is 4.03. The minimum absolute atomic E-state index is 0.0849. The number of thioether (sulfide) groups is 1. The highest BCUT2D eigenvalue weighted by Gasteiger charge is 2.42. The number of carbonyl (C=O) groups is 3. The maximum atomic E-state index is 11.3. The van der Waals surface area contributed by atoms with E-state index in [1.165, 1.54) is 0 Å². The van der Waals surface area contributed by atoms with E-state index in [4.69, 9.17) is 5.11 Å². The molecule has 112 valence electrons. The van der Waals surface area contributed by atoms with E-state index in [2.05, 4.69) is 16.0 Å². The van der Waals surface area contributed by atoms with Gasteiger partial charge < -0.3 is 21.1 Å². The molecule has 8 heteroatoms. The lowest BCUT2D eigenvalue weighted by molar-refractivity contribution is -0.137. The summed E-state index contributed by atoms with van der Waals surface area (Å²) in [5.74, 6) is -0.316. The molecule has 0 radical (unpaired) electrons. The van der Waals surface area contributed by atoms with Gasteiger partial charge in [0.25, 0.3) is 0 Å². The molecule has 2 aliphatic heterocycles. The molecule has 2 aliphatic rings. The molecular weight excluding hydrogens is 282 g/mol. The fourth-order valence-corrected chi connectivity index (χ4v) is 4.08.